The molecule has 2 aromatic carbocycles. The summed E-state index contributed by atoms with van der Waals surface area (Å²) in [4.78, 5) is 27.7. The molecule has 0 aliphatic carbocycles. The van der Waals surface area contributed by atoms with Crippen molar-refractivity contribution in [3.8, 4) is 23.0 Å². The van der Waals surface area contributed by atoms with E-state index in [4.69, 9.17) is 59.0 Å². The van der Waals surface area contributed by atoms with Crippen LogP contribution in [0.3, 0.4) is 0 Å². The van der Waals surface area contributed by atoms with E-state index in [0.29, 0.717) is 80.6 Å². The van der Waals surface area contributed by atoms with Crippen LogP contribution in [0.1, 0.15) is 28.3 Å². The number of hydrogen-bond acceptors (Lipinski definition) is 13. The Morgan fingerprint density at radius 2 is 1.32 bits per heavy atom. The third kappa shape index (κ3) is 10.2. The number of halogens is 1. The highest BCUT2D eigenvalue weighted by Gasteiger charge is 2.37. The van der Waals surface area contributed by atoms with E-state index in [1.165, 1.54) is 14.2 Å². The first-order valence-corrected chi connectivity index (χ1v) is 15.8. The van der Waals surface area contributed by atoms with E-state index in [2.05, 4.69) is 4.90 Å². The van der Waals surface area contributed by atoms with Crippen molar-refractivity contribution in [1.82, 2.24) is 4.90 Å². The quantitative estimate of drug-likeness (QED) is 0.115. The Bertz CT molecular complexity index is 1340. The molecule has 260 valence electrons. The van der Waals surface area contributed by atoms with Crippen molar-refractivity contribution >= 4 is 23.5 Å². The Morgan fingerprint density at radius 3 is 1.94 bits per heavy atom. The molecular weight excluding hydrogens is 638 g/mol. The van der Waals surface area contributed by atoms with Gasteiger partial charge < -0.3 is 47.4 Å². The van der Waals surface area contributed by atoms with Gasteiger partial charge in [-0.05, 0) is 41.7 Å². The zero-order chi connectivity index (χ0) is 33.6. The van der Waals surface area contributed by atoms with Crippen LogP contribution in [0.5, 0.6) is 23.0 Å². The summed E-state index contributed by atoms with van der Waals surface area (Å²) in [7, 11) is 6.24. The lowest BCUT2D eigenvalue weighted by Crippen LogP contribution is -2.40. The molecule has 2 aliphatic rings. The highest BCUT2D eigenvalue weighted by Crippen LogP contribution is 2.48. The van der Waals surface area contributed by atoms with E-state index in [-0.39, 0.29) is 32.5 Å². The van der Waals surface area contributed by atoms with E-state index in [1.54, 1.807) is 20.3 Å². The number of benzene rings is 2. The molecule has 0 radical (unpaired) electrons. The minimum Gasteiger partial charge on any atom is -0.493 e. The number of nitrogens with zero attached hydrogens (tertiary/aromatic N) is 1. The van der Waals surface area contributed by atoms with Gasteiger partial charge in [-0.1, -0.05) is 11.6 Å². The highest BCUT2D eigenvalue weighted by molar-refractivity contribution is 6.31. The lowest BCUT2D eigenvalue weighted by molar-refractivity contribution is -0.141. The molecule has 0 fully saturated rings. The molecule has 4 rings (SSSR count). The van der Waals surface area contributed by atoms with Gasteiger partial charge in [0.05, 0.1) is 67.1 Å². The van der Waals surface area contributed by atoms with Crippen LogP contribution in [0.25, 0.3) is 0 Å². The maximum Gasteiger partial charge on any atom is 0.337 e. The maximum absolute atomic E-state index is 12.8. The van der Waals surface area contributed by atoms with Gasteiger partial charge in [0.2, 0.25) is 0 Å². The van der Waals surface area contributed by atoms with E-state index >= 15 is 0 Å². The van der Waals surface area contributed by atoms with Crippen molar-refractivity contribution in [2.75, 3.05) is 101 Å². The van der Waals surface area contributed by atoms with Crippen LogP contribution >= 0.6 is 11.6 Å². The number of fused-ring (bicyclic) bond motifs is 4. The van der Waals surface area contributed by atoms with Crippen LogP contribution in [-0.4, -0.2) is 118 Å². The zero-order valence-electron chi connectivity index (χ0n) is 27.4. The summed E-state index contributed by atoms with van der Waals surface area (Å²) >= 11 is 6.79. The summed E-state index contributed by atoms with van der Waals surface area (Å²) in [6.45, 7) is 3.76. The Hall–Kier alpha value is -3.01. The molecule has 2 aliphatic heterocycles. The Balaban J connectivity index is 1.45. The number of methoxy groups -OCH3 is 4. The summed E-state index contributed by atoms with van der Waals surface area (Å²) in [5.41, 5.74) is 3.74. The standard InChI is InChI=1S/C33H44ClNO12/c1-38-7-9-42-11-13-44-20-31(36)46-29-17-23-22(15-28(29)40-3)5-6-35-19-25-24(16-27(23)35)26(34)18-30(41-4)33(25)47-32(37)21-45-14-12-43-10-8-39-2/h15,17-18,27H,5-14,16,19-21H2,1-4H3. The van der Waals surface area contributed by atoms with E-state index in [1.807, 2.05) is 12.1 Å². The monoisotopic (exact) mass is 681 g/mol. The lowest BCUT2D eigenvalue weighted by atomic mass is 9.83. The van der Waals surface area contributed by atoms with Crippen LogP contribution in [0.4, 0.5) is 0 Å². The summed E-state index contributed by atoms with van der Waals surface area (Å²) < 4.78 is 54.0. The molecule has 1 unspecified atom stereocenters. The van der Waals surface area contributed by atoms with Gasteiger partial charge in [0, 0.05) is 50.0 Å². The third-order valence-corrected chi connectivity index (χ3v) is 8.10. The average molecular weight is 682 g/mol. The van der Waals surface area contributed by atoms with Crippen LogP contribution in [0, 0.1) is 0 Å². The number of carbonyl (C=O) groups excluding carboxylic acids is 2. The molecule has 2 heterocycles. The molecular formula is C33H44ClNO12. The van der Waals surface area contributed by atoms with Crippen molar-refractivity contribution in [1.29, 1.82) is 0 Å². The summed E-state index contributed by atoms with van der Waals surface area (Å²) in [5, 5.41) is 0.511. The van der Waals surface area contributed by atoms with Gasteiger partial charge in [-0.15, -0.1) is 0 Å². The predicted molar refractivity (Wildman–Crippen MR) is 170 cm³/mol. The van der Waals surface area contributed by atoms with Gasteiger partial charge in [-0.2, -0.15) is 0 Å². The predicted octanol–water partition coefficient (Wildman–Crippen LogP) is 3.18. The molecule has 47 heavy (non-hydrogen) atoms. The average Bonchev–Trinajstić information content (AvgIpc) is 3.07. The first-order valence-electron chi connectivity index (χ1n) is 15.4. The summed E-state index contributed by atoms with van der Waals surface area (Å²) in [6, 6.07) is 5.37. The van der Waals surface area contributed by atoms with Crippen LogP contribution in [0.15, 0.2) is 18.2 Å². The fourth-order valence-electron chi connectivity index (χ4n) is 5.50. The van der Waals surface area contributed by atoms with Gasteiger partial charge in [0.1, 0.15) is 13.2 Å². The Morgan fingerprint density at radius 1 is 0.723 bits per heavy atom. The van der Waals surface area contributed by atoms with Gasteiger partial charge in [-0.25, -0.2) is 9.59 Å². The molecule has 0 saturated heterocycles. The number of carbonyl (C=O) groups is 2. The van der Waals surface area contributed by atoms with E-state index in [9.17, 15) is 9.59 Å². The van der Waals surface area contributed by atoms with Gasteiger partial charge in [0.25, 0.3) is 0 Å². The Kier molecular flexibility index (Phi) is 15.0. The third-order valence-electron chi connectivity index (χ3n) is 7.77. The highest BCUT2D eigenvalue weighted by atomic mass is 35.5. The van der Waals surface area contributed by atoms with E-state index in [0.717, 1.165) is 35.2 Å². The van der Waals surface area contributed by atoms with E-state index < -0.39 is 11.9 Å². The van der Waals surface area contributed by atoms with Crippen molar-refractivity contribution in [3.05, 3.63) is 45.5 Å². The summed E-state index contributed by atoms with van der Waals surface area (Å²) in [6.07, 6.45) is 1.28. The van der Waals surface area contributed by atoms with Crippen LogP contribution in [0.2, 0.25) is 5.02 Å². The molecule has 0 aromatic heterocycles. The van der Waals surface area contributed by atoms with Gasteiger partial charge in [-0.3, -0.25) is 4.90 Å². The number of esters is 2. The smallest absolute Gasteiger partial charge is 0.337 e. The second-order valence-electron chi connectivity index (χ2n) is 10.8. The molecule has 0 spiro atoms. The minimum absolute atomic E-state index is 0.0639. The first-order chi connectivity index (χ1) is 22.9. The van der Waals surface area contributed by atoms with Crippen LogP contribution in [-0.2, 0) is 57.4 Å². The maximum atomic E-state index is 12.8. The molecule has 14 heteroatoms. The molecule has 0 saturated carbocycles. The second-order valence-corrected chi connectivity index (χ2v) is 11.2. The lowest BCUT2D eigenvalue weighted by Gasteiger charge is -2.42. The van der Waals surface area contributed by atoms with Crippen LogP contribution < -0.4 is 18.9 Å². The molecule has 0 N–H and O–H groups in total. The molecule has 13 nitrogen and oxygen atoms in total. The Labute approximate surface area is 280 Å². The van der Waals surface area contributed by atoms with Crippen molar-refractivity contribution in [3.63, 3.8) is 0 Å². The SMILES string of the molecule is COCCOCCOCC(=O)Oc1cc2c(cc1OC)CCN1Cc3c(c(Cl)cc(OC)c3OC(=O)COCCOCCOC)CC21. The fraction of sp³-hybridized carbons (Fsp3) is 0.576. The topological polar surface area (TPSA) is 130 Å². The van der Waals surface area contributed by atoms with Gasteiger partial charge >= 0.3 is 11.9 Å². The molecule has 0 bridgehead atoms. The second kappa shape index (κ2) is 19.1. The van der Waals surface area contributed by atoms with Crippen molar-refractivity contribution in [2.45, 2.75) is 25.4 Å². The van der Waals surface area contributed by atoms with Crippen molar-refractivity contribution < 1.29 is 57.0 Å². The number of hydrogen-bond donors (Lipinski definition) is 0. The van der Waals surface area contributed by atoms with Gasteiger partial charge in [0.15, 0.2) is 23.0 Å². The first kappa shape index (κ1) is 36.8. The minimum atomic E-state index is -0.558. The largest absolute Gasteiger partial charge is 0.493 e. The fourth-order valence-corrected chi connectivity index (χ4v) is 5.80. The number of rotatable bonds is 20. The molecule has 1 atom stereocenters. The molecule has 0 amide bonds. The molecule has 2 aromatic rings. The zero-order valence-corrected chi connectivity index (χ0v) is 28.2. The number of ether oxygens (including phenoxy) is 10. The summed E-state index contributed by atoms with van der Waals surface area (Å²) in [5.74, 6) is 0.356. The van der Waals surface area contributed by atoms with Crippen molar-refractivity contribution in [2.24, 2.45) is 0 Å². The normalized spacial score (nSPS) is 15.4.